The van der Waals surface area contributed by atoms with Gasteiger partial charge in [0, 0.05) is 12.8 Å². The van der Waals surface area contributed by atoms with E-state index in [9.17, 15) is 4.79 Å². The number of ether oxygens (including phenoxy) is 1. The Morgan fingerprint density at radius 3 is 1.72 bits per heavy atom. The molecule has 0 N–H and O–H groups in total. The molecule has 0 radical (unpaired) electrons. The summed E-state index contributed by atoms with van der Waals surface area (Å²) in [6.45, 7) is 2.28. The van der Waals surface area contributed by atoms with Crippen molar-refractivity contribution in [2.24, 2.45) is 0 Å². The van der Waals surface area contributed by atoms with Gasteiger partial charge in [-0.05, 0) is 12.5 Å². The standard InChI is InChI=1S/C23H40O2/c1-2-3-4-5-6-7-8-9-10-11-12-13-14-15-16-21-23(24)25-22-19-17-18-20-22/h17-19H,2-16,20-21H2,1H3. The van der Waals surface area contributed by atoms with Crippen LogP contribution in [-0.2, 0) is 9.53 Å². The molecule has 0 unspecified atom stereocenters. The molecule has 0 atom stereocenters. The van der Waals surface area contributed by atoms with E-state index in [1.165, 1.54) is 83.5 Å². The minimum Gasteiger partial charge on any atom is -0.431 e. The third kappa shape index (κ3) is 13.9. The highest BCUT2D eigenvalue weighted by atomic mass is 16.5. The molecule has 2 nitrogen and oxygen atoms in total. The molecule has 1 aliphatic rings. The molecule has 25 heavy (non-hydrogen) atoms. The largest absolute Gasteiger partial charge is 0.431 e. The fourth-order valence-electron chi connectivity index (χ4n) is 3.34. The van der Waals surface area contributed by atoms with Crippen molar-refractivity contribution in [2.45, 2.75) is 116 Å². The molecular formula is C23H40O2. The monoisotopic (exact) mass is 348 g/mol. The second-order valence-corrected chi connectivity index (χ2v) is 7.44. The quantitative estimate of drug-likeness (QED) is 0.199. The molecule has 1 aliphatic carbocycles. The lowest BCUT2D eigenvalue weighted by Crippen LogP contribution is -2.03. The fraction of sp³-hybridized carbons (Fsp3) is 0.783. The van der Waals surface area contributed by atoms with Crippen molar-refractivity contribution in [1.82, 2.24) is 0 Å². The molecule has 0 heterocycles. The minimum atomic E-state index is -0.0651. The summed E-state index contributed by atoms with van der Waals surface area (Å²) in [4.78, 5) is 11.6. The smallest absolute Gasteiger partial charge is 0.310 e. The topological polar surface area (TPSA) is 26.3 Å². The van der Waals surface area contributed by atoms with Gasteiger partial charge in [0.25, 0.3) is 0 Å². The number of allylic oxidation sites excluding steroid dienone is 3. The van der Waals surface area contributed by atoms with E-state index >= 15 is 0 Å². The predicted octanol–water partition coefficient (Wildman–Crippen LogP) is 7.63. The van der Waals surface area contributed by atoms with Gasteiger partial charge in [0.15, 0.2) is 0 Å². The van der Waals surface area contributed by atoms with Gasteiger partial charge in [0.1, 0.15) is 5.76 Å². The normalized spacial score (nSPS) is 13.2. The molecule has 1 rings (SSSR count). The highest BCUT2D eigenvalue weighted by Gasteiger charge is 2.07. The maximum Gasteiger partial charge on any atom is 0.310 e. The fourth-order valence-corrected chi connectivity index (χ4v) is 3.34. The van der Waals surface area contributed by atoms with Crippen molar-refractivity contribution in [1.29, 1.82) is 0 Å². The summed E-state index contributed by atoms with van der Waals surface area (Å²) < 4.78 is 5.29. The van der Waals surface area contributed by atoms with E-state index < -0.39 is 0 Å². The number of carbonyl (C=O) groups excluding carboxylic acids is 1. The van der Waals surface area contributed by atoms with Crippen molar-refractivity contribution in [2.75, 3.05) is 0 Å². The molecule has 0 aromatic heterocycles. The Morgan fingerprint density at radius 2 is 1.28 bits per heavy atom. The molecule has 0 fully saturated rings. The third-order valence-electron chi connectivity index (χ3n) is 4.97. The van der Waals surface area contributed by atoms with Crippen LogP contribution in [0.15, 0.2) is 24.0 Å². The van der Waals surface area contributed by atoms with Gasteiger partial charge in [-0.25, -0.2) is 0 Å². The summed E-state index contributed by atoms with van der Waals surface area (Å²) in [6.07, 6.45) is 27.4. The number of carbonyl (C=O) groups is 1. The van der Waals surface area contributed by atoms with Crippen LogP contribution in [0.5, 0.6) is 0 Å². The molecule has 0 saturated carbocycles. The molecule has 0 saturated heterocycles. The first-order valence-corrected chi connectivity index (χ1v) is 10.9. The van der Waals surface area contributed by atoms with Crippen LogP contribution < -0.4 is 0 Å². The van der Waals surface area contributed by atoms with Crippen LogP contribution in [0, 0.1) is 0 Å². The minimum absolute atomic E-state index is 0.0651. The Labute approximate surface area is 156 Å². The van der Waals surface area contributed by atoms with Crippen molar-refractivity contribution in [3.63, 3.8) is 0 Å². The van der Waals surface area contributed by atoms with Gasteiger partial charge in [-0.3, -0.25) is 4.79 Å². The van der Waals surface area contributed by atoms with Crippen LogP contribution in [0.4, 0.5) is 0 Å². The van der Waals surface area contributed by atoms with Crippen molar-refractivity contribution < 1.29 is 9.53 Å². The molecule has 0 spiro atoms. The van der Waals surface area contributed by atoms with E-state index in [4.69, 9.17) is 4.74 Å². The Balaban J connectivity index is 1.72. The number of hydrogen-bond donors (Lipinski definition) is 0. The van der Waals surface area contributed by atoms with Crippen LogP contribution in [0.3, 0.4) is 0 Å². The van der Waals surface area contributed by atoms with Gasteiger partial charge >= 0.3 is 5.97 Å². The Morgan fingerprint density at radius 1 is 0.800 bits per heavy atom. The van der Waals surface area contributed by atoms with Crippen LogP contribution in [0.25, 0.3) is 0 Å². The molecule has 0 amide bonds. The molecular weight excluding hydrogens is 308 g/mol. The maximum absolute atomic E-state index is 11.6. The second kappa shape index (κ2) is 16.4. The summed E-state index contributed by atoms with van der Waals surface area (Å²) in [6, 6.07) is 0. The average Bonchev–Trinajstić information content (AvgIpc) is 3.11. The predicted molar refractivity (Wildman–Crippen MR) is 107 cm³/mol. The molecule has 144 valence electrons. The van der Waals surface area contributed by atoms with E-state index in [0.29, 0.717) is 6.42 Å². The van der Waals surface area contributed by atoms with E-state index in [1.807, 2.05) is 18.2 Å². The van der Waals surface area contributed by atoms with Crippen LogP contribution in [-0.4, -0.2) is 5.97 Å². The zero-order valence-corrected chi connectivity index (χ0v) is 16.6. The summed E-state index contributed by atoms with van der Waals surface area (Å²) >= 11 is 0. The molecule has 2 heteroatoms. The molecule has 0 aliphatic heterocycles. The Bertz CT molecular complexity index is 382. The van der Waals surface area contributed by atoms with E-state index in [0.717, 1.165) is 25.0 Å². The number of unbranched alkanes of at least 4 members (excludes halogenated alkanes) is 14. The molecule has 0 aromatic carbocycles. The van der Waals surface area contributed by atoms with E-state index in [1.54, 1.807) is 0 Å². The highest BCUT2D eigenvalue weighted by Crippen LogP contribution is 2.15. The summed E-state index contributed by atoms with van der Waals surface area (Å²) in [5, 5.41) is 0. The number of rotatable bonds is 17. The van der Waals surface area contributed by atoms with Crippen LogP contribution in [0.2, 0.25) is 0 Å². The lowest BCUT2D eigenvalue weighted by atomic mass is 10.0. The average molecular weight is 349 g/mol. The highest BCUT2D eigenvalue weighted by molar-refractivity contribution is 5.70. The second-order valence-electron chi connectivity index (χ2n) is 7.44. The van der Waals surface area contributed by atoms with Crippen molar-refractivity contribution in [3.8, 4) is 0 Å². The van der Waals surface area contributed by atoms with Crippen LogP contribution >= 0.6 is 0 Å². The van der Waals surface area contributed by atoms with Gasteiger partial charge in [-0.1, -0.05) is 109 Å². The molecule has 0 aromatic rings. The lowest BCUT2D eigenvalue weighted by Gasteiger charge is -2.05. The van der Waals surface area contributed by atoms with Crippen molar-refractivity contribution >= 4 is 5.97 Å². The zero-order valence-electron chi connectivity index (χ0n) is 16.6. The first-order chi connectivity index (χ1) is 12.3. The number of esters is 1. The van der Waals surface area contributed by atoms with Crippen molar-refractivity contribution in [3.05, 3.63) is 24.0 Å². The summed E-state index contributed by atoms with van der Waals surface area (Å²) in [5.41, 5.74) is 0. The first kappa shape index (κ1) is 22.0. The van der Waals surface area contributed by atoms with Gasteiger partial charge in [-0.15, -0.1) is 0 Å². The SMILES string of the molecule is CCCCCCCCCCCCCCCCCC(=O)OC1=CC=CC1. The molecule has 0 bridgehead atoms. The van der Waals surface area contributed by atoms with Gasteiger partial charge in [0.05, 0.1) is 0 Å². The van der Waals surface area contributed by atoms with Gasteiger partial charge < -0.3 is 4.74 Å². The number of hydrogen-bond acceptors (Lipinski definition) is 2. The van der Waals surface area contributed by atoms with Crippen LogP contribution in [0.1, 0.15) is 116 Å². The Kier molecular flexibility index (Phi) is 14.4. The van der Waals surface area contributed by atoms with Gasteiger partial charge in [0.2, 0.25) is 0 Å². The van der Waals surface area contributed by atoms with E-state index in [-0.39, 0.29) is 5.97 Å². The summed E-state index contributed by atoms with van der Waals surface area (Å²) in [5.74, 6) is 0.732. The first-order valence-electron chi connectivity index (χ1n) is 10.9. The lowest BCUT2D eigenvalue weighted by molar-refractivity contribution is -0.139. The third-order valence-corrected chi connectivity index (χ3v) is 4.97. The summed E-state index contributed by atoms with van der Waals surface area (Å²) in [7, 11) is 0. The Hall–Kier alpha value is -1.05. The van der Waals surface area contributed by atoms with E-state index in [2.05, 4.69) is 6.92 Å². The van der Waals surface area contributed by atoms with Gasteiger partial charge in [-0.2, -0.15) is 0 Å². The zero-order chi connectivity index (χ0) is 18.0. The maximum atomic E-state index is 11.6.